The number of rotatable bonds is 14. The molecule has 9 aliphatic rings. The third-order valence-electron chi connectivity index (χ3n) is 21.0. The molecule has 22 heteroatoms. The third-order valence-corrected chi connectivity index (χ3v) is 21.0. The summed E-state index contributed by atoms with van der Waals surface area (Å²) in [5.74, 6) is -2.84. The van der Waals surface area contributed by atoms with E-state index in [0.717, 1.165) is 25.7 Å². The molecule has 0 aromatic carbocycles. The Morgan fingerprint density at radius 3 is 2.11 bits per heavy atom. The van der Waals surface area contributed by atoms with Crippen LogP contribution in [-0.2, 0) is 57.0 Å². The lowest BCUT2D eigenvalue weighted by Crippen LogP contribution is -2.68. The van der Waals surface area contributed by atoms with Crippen LogP contribution in [-0.4, -0.2) is 206 Å². The fourth-order valence-electron chi connectivity index (χ4n) is 16.6. The number of carbonyl (C=O) groups excluding carboxylic acids is 2. The van der Waals surface area contributed by atoms with Crippen LogP contribution in [0.4, 0.5) is 0 Å². The summed E-state index contributed by atoms with van der Waals surface area (Å²) < 4.78 is 54.4. The van der Waals surface area contributed by atoms with Crippen LogP contribution in [0.25, 0.3) is 0 Å². The van der Waals surface area contributed by atoms with Gasteiger partial charge in [-0.25, -0.2) is 4.79 Å². The first-order chi connectivity index (χ1) is 35.6. The van der Waals surface area contributed by atoms with Gasteiger partial charge in [-0.15, -0.1) is 0 Å². The average molecular weight is 1090 g/mol. The van der Waals surface area contributed by atoms with E-state index in [2.05, 4.69) is 40.7 Å². The minimum Gasteiger partial charge on any atom is -0.479 e. The van der Waals surface area contributed by atoms with Gasteiger partial charge >= 0.3 is 17.9 Å². The summed E-state index contributed by atoms with van der Waals surface area (Å²) in [5, 5.41) is 108. The monoisotopic (exact) mass is 1080 g/mol. The SMILES string of the molecule is CC(=O)OC(C)C(C)C(=O)OCC1C2C3C[C@]4(C)C(=CCC5[C@@]6(C)CC[C@H](O[C@@H]7O[C@H](C(=O)O)[C@@H](O[C@@H]8O[C@H](CO)[C@@H](O)[C@H](O)[C@H]8O)[C@H](O)[C@H]7O[C@@H]7OC[C@@H](O)[C@H](O)[C@H]7O)[C@](C)(CO)C6CC[C@]54C)[C@@H]2CC(C)(C)[C@@H]1O3. The van der Waals surface area contributed by atoms with E-state index in [-0.39, 0.29) is 76.7 Å². The molecule has 0 aromatic heterocycles. The maximum absolute atomic E-state index is 13.4. The number of fused-ring (bicyclic) bond motifs is 7. The minimum absolute atomic E-state index is 0.0191. The van der Waals surface area contributed by atoms with Crippen LogP contribution in [0.3, 0.4) is 0 Å². The van der Waals surface area contributed by atoms with Crippen molar-refractivity contribution < 1.29 is 108 Å². The lowest BCUT2D eigenvalue weighted by molar-refractivity contribution is -0.387. The molecule has 0 aromatic rings. The zero-order valence-electron chi connectivity index (χ0n) is 45.1. The summed E-state index contributed by atoms with van der Waals surface area (Å²) in [5.41, 5.74) is -0.600. The number of carbonyl (C=O) groups is 3. The lowest BCUT2D eigenvalue weighted by atomic mass is 9.34. The van der Waals surface area contributed by atoms with Gasteiger partial charge < -0.3 is 93.7 Å². The topological polar surface area (TPSA) is 337 Å². The predicted molar refractivity (Wildman–Crippen MR) is 260 cm³/mol. The minimum atomic E-state index is -2.07. The molecule has 4 heterocycles. The molecule has 0 spiro atoms. The first-order valence-electron chi connectivity index (χ1n) is 27.4. The van der Waals surface area contributed by atoms with Crippen molar-refractivity contribution in [2.24, 2.45) is 62.6 Å². The first-order valence-corrected chi connectivity index (χ1v) is 27.4. The summed E-state index contributed by atoms with van der Waals surface area (Å²) >= 11 is 0. The van der Waals surface area contributed by atoms with Crippen molar-refractivity contribution in [1.29, 1.82) is 0 Å². The highest BCUT2D eigenvalue weighted by molar-refractivity contribution is 5.74. The Kier molecular flexibility index (Phi) is 16.2. The Bertz CT molecular complexity index is 2180. The van der Waals surface area contributed by atoms with E-state index in [1.165, 1.54) is 12.5 Å². The molecule has 0 amide bonds. The lowest BCUT2D eigenvalue weighted by Gasteiger charge is -2.71. The molecular weight excluding hydrogens is 1000 g/mol. The Labute approximate surface area is 443 Å². The first kappa shape index (κ1) is 58.2. The molecule has 22 nitrogen and oxygen atoms in total. The highest BCUT2D eigenvalue weighted by Gasteiger charge is 2.72. The summed E-state index contributed by atoms with van der Waals surface area (Å²) in [6.07, 6.45) is -19.7. The number of hydrogen-bond donors (Lipinski definition) is 10. The Morgan fingerprint density at radius 1 is 0.763 bits per heavy atom. The highest BCUT2D eigenvalue weighted by Crippen LogP contribution is 2.76. The third kappa shape index (κ3) is 9.40. The van der Waals surface area contributed by atoms with E-state index in [0.29, 0.717) is 19.3 Å². The fourth-order valence-corrected chi connectivity index (χ4v) is 16.6. The maximum Gasteiger partial charge on any atom is 0.335 e. The van der Waals surface area contributed by atoms with Crippen molar-refractivity contribution in [1.82, 2.24) is 0 Å². The molecule has 10 N–H and O–H groups in total. The van der Waals surface area contributed by atoms with Gasteiger partial charge in [0.05, 0.1) is 50.7 Å². The second-order valence-corrected chi connectivity index (χ2v) is 25.6. The molecule has 2 bridgehead atoms. The molecule has 28 atom stereocenters. The Morgan fingerprint density at radius 2 is 1.45 bits per heavy atom. The van der Waals surface area contributed by atoms with Crippen molar-refractivity contribution in [3.8, 4) is 0 Å². The van der Waals surface area contributed by atoms with Crippen molar-refractivity contribution in [3.05, 3.63) is 11.6 Å². The number of aliphatic carboxylic acids is 1. The van der Waals surface area contributed by atoms with Crippen LogP contribution < -0.4 is 0 Å². The number of carboxylic acid groups (broad SMARTS) is 1. The van der Waals surface area contributed by atoms with Crippen LogP contribution in [0, 0.1) is 62.6 Å². The number of aliphatic hydroxyl groups is 9. The number of hydrogen-bond acceptors (Lipinski definition) is 21. The molecule has 76 heavy (non-hydrogen) atoms. The number of aliphatic hydroxyl groups excluding tert-OH is 9. The fraction of sp³-hybridized carbons (Fsp3) is 0.907. The van der Waals surface area contributed by atoms with Gasteiger partial charge in [0, 0.05) is 24.2 Å². The van der Waals surface area contributed by atoms with Crippen molar-refractivity contribution in [2.75, 3.05) is 26.4 Å². The van der Waals surface area contributed by atoms with Gasteiger partial charge in [0.2, 0.25) is 0 Å². The summed E-state index contributed by atoms with van der Waals surface area (Å²) in [7, 11) is 0. The van der Waals surface area contributed by atoms with Gasteiger partial charge in [-0.2, -0.15) is 0 Å². The zero-order chi connectivity index (χ0) is 55.5. The molecule has 8 fully saturated rings. The molecule has 4 saturated carbocycles. The molecular formula is C54H84O22. The smallest absolute Gasteiger partial charge is 0.335 e. The average Bonchev–Trinajstić information content (AvgIpc) is 3.72. The Balaban J connectivity index is 0.970. The van der Waals surface area contributed by atoms with Gasteiger partial charge in [0.1, 0.15) is 67.1 Å². The predicted octanol–water partition coefficient (Wildman–Crippen LogP) is 0.299. The van der Waals surface area contributed by atoms with Crippen molar-refractivity contribution in [3.63, 3.8) is 0 Å². The van der Waals surface area contributed by atoms with E-state index < -0.39 is 141 Å². The van der Waals surface area contributed by atoms with Gasteiger partial charge in [0.25, 0.3) is 0 Å². The zero-order valence-corrected chi connectivity index (χ0v) is 45.1. The van der Waals surface area contributed by atoms with Gasteiger partial charge in [-0.05, 0) is 98.2 Å². The number of allylic oxidation sites excluding steroid dienone is 2. The molecule has 5 aliphatic carbocycles. The van der Waals surface area contributed by atoms with Gasteiger partial charge in [0.15, 0.2) is 25.0 Å². The van der Waals surface area contributed by atoms with Crippen molar-refractivity contribution >= 4 is 17.9 Å². The molecule has 432 valence electrons. The number of carboxylic acids is 1. The van der Waals surface area contributed by atoms with Crippen LogP contribution in [0.15, 0.2) is 11.6 Å². The number of esters is 2. The van der Waals surface area contributed by atoms with Crippen LogP contribution >= 0.6 is 0 Å². The quantitative estimate of drug-likeness (QED) is 0.0635. The second kappa shape index (κ2) is 21.1. The van der Waals surface area contributed by atoms with Gasteiger partial charge in [-0.3, -0.25) is 9.59 Å². The highest BCUT2D eigenvalue weighted by atomic mass is 16.8. The summed E-state index contributed by atoms with van der Waals surface area (Å²) in [6.45, 7) is 16.8. The second-order valence-electron chi connectivity index (χ2n) is 25.6. The molecule has 9 rings (SSSR count). The summed E-state index contributed by atoms with van der Waals surface area (Å²) in [6, 6.07) is 0. The van der Waals surface area contributed by atoms with E-state index in [1.807, 2.05) is 6.92 Å². The van der Waals surface area contributed by atoms with E-state index >= 15 is 0 Å². The molecule has 7 unspecified atom stereocenters. The molecule has 4 aliphatic heterocycles. The van der Waals surface area contributed by atoms with E-state index in [1.54, 1.807) is 13.8 Å². The normalized spacial score (nSPS) is 51.2. The van der Waals surface area contributed by atoms with E-state index in [9.17, 15) is 65.4 Å². The largest absolute Gasteiger partial charge is 0.479 e. The standard InChI is InChI=1S/C54H84O22/c1-22(23(2)70-24(3)57)46(67)68-19-26-34-25-16-50(4,5)44(26)71-29(34)17-54(9)27(25)10-11-32-51(6)14-13-33(52(7,21-56)31(51)12-15-53(32,54)8)73-49-42(75-47-38(62)35(59)28(58)20-69-47)40(64)41(43(76-49)45(65)66)74-48-39(63)37(61)36(60)30(18-55)72-48/h10,22-23,25-26,28-44,47-49,55-56,58-64H,11-21H2,1-9H3,(H,65,66)/t22?,23?,25-,26?,28+,29?,30+,31?,32?,33-,34?,35-,36+,37-,38+,39+,40-,41-,42+,43-,44+,47-,48-,49+,51-,52+,53+,54+/m0/s1. The maximum atomic E-state index is 13.4. The van der Waals surface area contributed by atoms with Crippen LogP contribution in [0.2, 0.25) is 0 Å². The van der Waals surface area contributed by atoms with Gasteiger partial charge in [-0.1, -0.05) is 53.2 Å². The van der Waals surface area contributed by atoms with Crippen LogP contribution in [0.1, 0.15) is 107 Å². The molecule has 4 saturated heterocycles. The van der Waals surface area contributed by atoms with E-state index in [4.69, 9.17) is 42.6 Å². The van der Waals surface area contributed by atoms with Crippen molar-refractivity contribution in [2.45, 2.75) is 218 Å². The molecule has 0 radical (unpaired) electrons. The summed E-state index contributed by atoms with van der Waals surface area (Å²) in [4.78, 5) is 38.1. The van der Waals surface area contributed by atoms with Crippen LogP contribution in [0.5, 0.6) is 0 Å². The Hall–Kier alpha value is -2.49. The number of ether oxygens (including phenoxy) is 9.